The van der Waals surface area contributed by atoms with Crippen LogP contribution in [0, 0.1) is 12.3 Å². The van der Waals surface area contributed by atoms with E-state index in [1.807, 2.05) is 25.1 Å². The van der Waals surface area contributed by atoms with Crippen LogP contribution in [0.3, 0.4) is 0 Å². The van der Waals surface area contributed by atoms with Crippen molar-refractivity contribution < 1.29 is 4.74 Å². The molecule has 0 aliphatic heterocycles. The molecule has 1 heterocycles. The zero-order valence-electron chi connectivity index (χ0n) is 7.58. The lowest BCUT2D eigenvalue weighted by molar-refractivity contribution is 0.327. The normalized spacial score (nSPS) is 8.92. The summed E-state index contributed by atoms with van der Waals surface area (Å²) >= 11 is 0. The molecule has 1 rings (SSSR count). The van der Waals surface area contributed by atoms with E-state index in [4.69, 9.17) is 11.2 Å². The summed E-state index contributed by atoms with van der Waals surface area (Å²) < 4.78 is 5.22. The molecule has 1 aromatic heterocycles. The molecule has 0 aromatic carbocycles. The van der Waals surface area contributed by atoms with Gasteiger partial charge in [-0.3, -0.25) is 0 Å². The maximum atomic E-state index is 5.22. The molecule has 0 atom stereocenters. The summed E-state index contributed by atoms with van der Waals surface area (Å²) in [6.07, 6.45) is 5.10. The van der Waals surface area contributed by atoms with Gasteiger partial charge in [0.25, 0.3) is 0 Å². The Morgan fingerprint density at radius 2 is 2.46 bits per heavy atom. The summed E-state index contributed by atoms with van der Waals surface area (Å²) in [7, 11) is 0. The van der Waals surface area contributed by atoms with Gasteiger partial charge in [-0.25, -0.2) is 0 Å². The molecule has 0 radical (unpaired) electrons. The quantitative estimate of drug-likeness (QED) is 0.706. The van der Waals surface area contributed by atoms with E-state index < -0.39 is 0 Å². The Balaban J connectivity index is 2.63. The number of hydrogen-bond donors (Lipinski definition) is 1. The third kappa shape index (κ3) is 3.04. The van der Waals surface area contributed by atoms with Crippen LogP contribution in [0.1, 0.15) is 6.92 Å². The number of pyridine rings is 1. The fraction of sp³-hybridized carbons (Fsp3) is 0.300. The summed E-state index contributed by atoms with van der Waals surface area (Å²) in [6, 6.07) is 5.53. The zero-order valence-corrected chi connectivity index (χ0v) is 7.58. The van der Waals surface area contributed by atoms with Gasteiger partial charge in [-0.15, -0.1) is 6.42 Å². The van der Waals surface area contributed by atoms with Gasteiger partial charge in [0.1, 0.15) is 5.82 Å². The standard InChI is InChI=1S/C10H12N2O/c1-3-8-11-9-6-5-7-10(12-9)13-4-2/h1,5-7H,4,8H2,2H3,(H,11,12). The van der Waals surface area contributed by atoms with Gasteiger partial charge < -0.3 is 10.1 Å². The topological polar surface area (TPSA) is 34.1 Å². The number of nitrogens with one attached hydrogen (secondary N) is 1. The van der Waals surface area contributed by atoms with E-state index in [1.165, 1.54) is 0 Å². The monoisotopic (exact) mass is 176 g/mol. The van der Waals surface area contributed by atoms with Crippen LogP contribution in [0.4, 0.5) is 5.82 Å². The van der Waals surface area contributed by atoms with Gasteiger partial charge in [0.2, 0.25) is 5.88 Å². The number of terminal acetylenes is 1. The number of nitrogens with zero attached hydrogens (tertiary/aromatic N) is 1. The zero-order chi connectivity index (χ0) is 9.52. The lowest BCUT2D eigenvalue weighted by Crippen LogP contribution is -2.02. The Hall–Kier alpha value is -1.69. The Morgan fingerprint density at radius 3 is 3.15 bits per heavy atom. The molecule has 0 amide bonds. The molecule has 0 aliphatic carbocycles. The van der Waals surface area contributed by atoms with Crippen molar-refractivity contribution in [1.29, 1.82) is 0 Å². The van der Waals surface area contributed by atoms with Gasteiger partial charge in [0.05, 0.1) is 13.2 Å². The minimum Gasteiger partial charge on any atom is -0.478 e. The van der Waals surface area contributed by atoms with Crippen LogP contribution in [0.2, 0.25) is 0 Å². The molecular weight excluding hydrogens is 164 g/mol. The molecule has 1 aromatic rings. The lowest BCUT2D eigenvalue weighted by atomic mass is 10.4. The second-order valence-corrected chi connectivity index (χ2v) is 2.35. The minimum absolute atomic E-state index is 0.475. The average Bonchev–Trinajstić information content (AvgIpc) is 2.16. The fourth-order valence-electron chi connectivity index (χ4n) is 0.883. The van der Waals surface area contributed by atoms with Crippen LogP contribution in [0.25, 0.3) is 0 Å². The molecule has 1 N–H and O–H groups in total. The molecule has 0 unspecified atom stereocenters. The Bertz CT molecular complexity index is 304. The molecule has 3 heteroatoms. The van der Waals surface area contributed by atoms with Crippen molar-refractivity contribution in [2.24, 2.45) is 0 Å². The molecule has 0 bridgehead atoms. The van der Waals surface area contributed by atoms with E-state index in [1.54, 1.807) is 0 Å². The molecule has 0 aliphatic rings. The highest BCUT2D eigenvalue weighted by atomic mass is 16.5. The van der Waals surface area contributed by atoms with Gasteiger partial charge in [0, 0.05) is 6.07 Å². The van der Waals surface area contributed by atoms with Gasteiger partial charge in [-0.1, -0.05) is 12.0 Å². The highest BCUT2D eigenvalue weighted by molar-refractivity contribution is 5.38. The first kappa shape index (κ1) is 9.40. The Morgan fingerprint density at radius 1 is 1.62 bits per heavy atom. The first-order valence-electron chi connectivity index (χ1n) is 4.14. The minimum atomic E-state index is 0.475. The third-order valence-corrected chi connectivity index (χ3v) is 1.39. The van der Waals surface area contributed by atoms with Gasteiger partial charge in [-0.2, -0.15) is 4.98 Å². The smallest absolute Gasteiger partial charge is 0.215 e. The van der Waals surface area contributed by atoms with Crippen molar-refractivity contribution in [2.75, 3.05) is 18.5 Å². The number of ether oxygens (including phenoxy) is 1. The van der Waals surface area contributed by atoms with Crippen molar-refractivity contribution in [3.8, 4) is 18.2 Å². The highest BCUT2D eigenvalue weighted by Crippen LogP contribution is 2.10. The van der Waals surface area contributed by atoms with Crippen LogP contribution in [0.15, 0.2) is 18.2 Å². The van der Waals surface area contributed by atoms with E-state index in [2.05, 4.69) is 16.2 Å². The summed E-state index contributed by atoms with van der Waals surface area (Å²) in [5.74, 6) is 3.83. The van der Waals surface area contributed by atoms with Crippen molar-refractivity contribution >= 4 is 5.82 Å². The predicted octanol–water partition coefficient (Wildman–Crippen LogP) is 1.53. The SMILES string of the molecule is C#CCNc1cccc(OCC)n1. The van der Waals surface area contributed by atoms with Gasteiger partial charge >= 0.3 is 0 Å². The summed E-state index contributed by atoms with van der Waals surface area (Å²) in [5, 5.41) is 2.97. The van der Waals surface area contributed by atoms with Gasteiger partial charge in [0.15, 0.2) is 0 Å². The maximum absolute atomic E-state index is 5.22. The Labute approximate surface area is 78.1 Å². The molecule has 0 spiro atoms. The fourth-order valence-corrected chi connectivity index (χ4v) is 0.883. The maximum Gasteiger partial charge on any atom is 0.215 e. The summed E-state index contributed by atoms with van der Waals surface area (Å²) in [5.41, 5.74) is 0. The third-order valence-electron chi connectivity index (χ3n) is 1.39. The van der Waals surface area contributed by atoms with Crippen LogP contribution in [0.5, 0.6) is 5.88 Å². The van der Waals surface area contributed by atoms with E-state index in [-0.39, 0.29) is 0 Å². The number of anilines is 1. The predicted molar refractivity (Wildman–Crippen MR) is 52.7 cm³/mol. The van der Waals surface area contributed by atoms with Crippen molar-refractivity contribution in [3.63, 3.8) is 0 Å². The molecular formula is C10H12N2O. The van der Waals surface area contributed by atoms with Crippen LogP contribution < -0.4 is 10.1 Å². The van der Waals surface area contributed by atoms with E-state index in [0.717, 1.165) is 5.82 Å². The van der Waals surface area contributed by atoms with Gasteiger partial charge in [-0.05, 0) is 13.0 Å². The number of aromatic nitrogens is 1. The van der Waals surface area contributed by atoms with Crippen molar-refractivity contribution in [1.82, 2.24) is 4.98 Å². The second-order valence-electron chi connectivity index (χ2n) is 2.35. The van der Waals surface area contributed by atoms with Crippen LogP contribution in [-0.4, -0.2) is 18.1 Å². The first-order valence-corrected chi connectivity index (χ1v) is 4.14. The molecule has 0 saturated heterocycles. The largest absolute Gasteiger partial charge is 0.478 e. The van der Waals surface area contributed by atoms with Crippen LogP contribution in [-0.2, 0) is 0 Å². The Kier molecular flexibility index (Phi) is 3.65. The molecule has 3 nitrogen and oxygen atoms in total. The van der Waals surface area contributed by atoms with Crippen molar-refractivity contribution in [2.45, 2.75) is 6.92 Å². The van der Waals surface area contributed by atoms with E-state index >= 15 is 0 Å². The first-order chi connectivity index (χ1) is 6.36. The average molecular weight is 176 g/mol. The van der Waals surface area contributed by atoms with Crippen LogP contribution >= 0.6 is 0 Å². The van der Waals surface area contributed by atoms with E-state index in [9.17, 15) is 0 Å². The van der Waals surface area contributed by atoms with E-state index in [0.29, 0.717) is 19.0 Å². The lowest BCUT2D eigenvalue weighted by Gasteiger charge is -2.04. The molecule has 13 heavy (non-hydrogen) atoms. The molecule has 68 valence electrons. The van der Waals surface area contributed by atoms with Crippen molar-refractivity contribution in [3.05, 3.63) is 18.2 Å². The highest BCUT2D eigenvalue weighted by Gasteiger charge is 1.95. The number of hydrogen-bond acceptors (Lipinski definition) is 3. The summed E-state index contributed by atoms with van der Waals surface area (Å²) in [4.78, 5) is 4.17. The summed E-state index contributed by atoms with van der Waals surface area (Å²) in [6.45, 7) is 3.01. The number of rotatable bonds is 4. The molecule has 0 saturated carbocycles. The second kappa shape index (κ2) is 5.04. The molecule has 0 fully saturated rings.